The number of aliphatic hydroxyl groups excluding tert-OH is 1. The van der Waals surface area contributed by atoms with Crippen molar-refractivity contribution in [3.8, 4) is 0 Å². The summed E-state index contributed by atoms with van der Waals surface area (Å²) >= 11 is 1.75. The summed E-state index contributed by atoms with van der Waals surface area (Å²) in [5.41, 5.74) is 2.72. The summed E-state index contributed by atoms with van der Waals surface area (Å²) in [5, 5.41) is 18.6. The number of hydrogen-bond acceptors (Lipinski definition) is 4. The molecule has 0 amide bonds. The number of hydrogen-bond donors (Lipinski definition) is 1. The molecule has 4 nitrogen and oxygen atoms in total. The molecular formula is C16H21N3OS. The Morgan fingerprint density at radius 3 is 2.90 bits per heavy atom. The van der Waals surface area contributed by atoms with Crippen LogP contribution in [0.5, 0.6) is 0 Å². The van der Waals surface area contributed by atoms with Crippen LogP contribution in [0.4, 0.5) is 0 Å². The van der Waals surface area contributed by atoms with Gasteiger partial charge in [-0.3, -0.25) is 0 Å². The van der Waals surface area contributed by atoms with Crippen molar-refractivity contribution in [2.75, 3.05) is 5.75 Å². The van der Waals surface area contributed by atoms with Crippen LogP contribution >= 0.6 is 11.8 Å². The lowest BCUT2D eigenvalue weighted by atomic mass is 10.1. The molecule has 0 radical (unpaired) electrons. The zero-order valence-corrected chi connectivity index (χ0v) is 13.1. The second kappa shape index (κ2) is 6.62. The number of aryl methyl sites for hydroxylation is 2. The Bertz CT molecular complexity index is 607. The van der Waals surface area contributed by atoms with Gasteiger partial charge in [0.2, 0.25) is 0 Å². The third kappa shape index (κ3) is 3.66. The van der Waals surface area contributed by atoms with Crippen molar-refractivity contribution in [3.05, 3.63) is 41.2 Å². The van der Waals surface area contributed by atoms with Crippen LogP contribution in [0.3, 0.4) is 0 Å². The summed E-state index contributed by atoms with van der Waals surface area (Å²) in [4.78, 5) is 0. The van der Waals surface area contributed by atoms with Gasteiger partial charge in [-0.05, 0) is 38.2 Å². The van der Waals surface area contributed by atoms with Crippen molar-refractivity contribution < 1.29 is 5.11 Å². The second-order valence-electron chi connectivity index (χ2n) is 5.60. The quantitative estimate of drug-likeness (QED) is 0.630. The zero-order chi connectivity index (χ0) is 14.7. The van der Waals surface area contributed by atoms with E-state index in [2.05, 4.69) is 46.0 Å². The maximum absolute atomic E-state index is 9.32. The summed E-state index contributed by atoms with van der Waals surface area (Å²) in [6, 6.07) is 9.21. The SMILES string of the molecule is Cc1cccc(CCCSc2nnc(CO)n2C2CC2)c1. The highest BCUT2D eigenvalue weighted by Crippen LogP contribution is 2.38. The molecule has 0 atom stereocenters. The van der Waals surface area contributed by atoms with E-state index in [-0.39, 0.29) is 6.61 Å². The van der Waals surface area contributed by atoms with Crippen LogP contribution in [-0.4, -0.2) is 25.6 Å². The van der Waals surface area contributed by atoms with Crippen LogP contribution in [0.2, 0.25) is 0 Å². The van der Waals surface area contributed by atoms with Crippen LogP contribution in [0.1, 0.15) is 42.3 Å². The first-order valence-electron chi connectivity index (χ1n) is 7.51. The van der Waals surface area contributed by atoms with E-state index < -0.39 is 0 Å². The van der Waals surface area contributed by atoms with Gasteiger partial charge in [0, 0.05) is 11.8 Å². The monoisotopic (exact) mass is 303 g/mol. The number of aromatic nitrogens is 3. The fraction of sp³-hybridized carbons (Fsp3) is 0.500. The minimum atomic E-state index is -0.0205. The second-order valence-corrected chi connectivity index (χ2v) is 6.66. The molecule has 21 heavy (non-hydrogen) atoms. The lowest BCUT2D eigenvalue weighted by molar-refractivity contribution is 0.263. The first-order chi connectivity index (χ1) is 10.3. The first-order valence-corrected chi connectivity index (χ1v) is 8.49. The topological polar surface area (TPSA) is 50.9 Å². The van der Waals surface area contributed by atoms with Crippen LogP contribution in [0, 0.1) is 6.92 Å². The van der Waals surface area contributed by atoms with Crippen molar-refractivity contribution in [2.45, 2.75) is 50.4 Å². The number of thioether (sulfide) groups is 1. The number of nitrogens with zero attached hydrogens (tertiary/aromatic N) is 3. The highest BCUT2D eigenvalue weighted by molar-refractivity contribution is 7.99. The zero-order valence-electron chi connectivity index (χ0n) is 12.3. The van der Waals surface area contributed by atoms with Crippen molar-refractivity contribution >= 4 is 11.8 Å². The third-order valence-corrected chi connectivity index (χ3v) is 4.74. The molecule has 1 aliphatic rings. The molecular weight excluding hydrogens is 282 g/mol. The Kier molecular flexibility index (Phi) is 4.60. The van der Waals surface area contributed by atoms with E-state index >= 15 is 0 Å². The predicted molar refractivity (Wildman–Crippen MR) is 84.4 cm³/mol. The maximum atomic E-state index is 9.32. The van der Waals surface area contributed by atoms with E-state index in [0.717, 1.165) is 23.8 Å². The van der Waals surface area contributed by atoms with Crippen molar-refractivity contribution in [1.82, 2.24) is 14.8 Å². The fourth-order valence-corrected chi connectivity index (χ4v) is 3.48. The Hall–Kier alpha value is -1.33. The van der Waals surface area contributed by atoms with Crippen LogP contribution in [-0.2, 0) is 13.0 Å². The van der Waals surface area contributed by atoms with Gasteiger partial charge in [-0.15, -0.1) is 10.2 Å². The smallest absolute Gasteiger partial charge is 0.191 e. The molecule has 1 heterocycles. The number of aliphatic hydroxyl groups is 1. The molecule has 0 aliphatic heterocycles. The van der Waals surface area contributed by atoms with Crippen LogP contribution < -0.4 is 0 Å². The number of benzene rings is 1. The van der Waals surface area contributed by atoms with E-state index in [1.165, 1.54) is 24.0 Å². The van der Waals surface area contributed by atoms with Crippen LogP contribution in [0.15, 0.2) is 29.4 Å². The standard InChI is InChI=1S/C16H21N3OS/c1-12-4-2-5-13(10-12)6-3-9-21-16-18-17-15(11-20)19(16)14-7-8-14/h2,4-5,10,14,20H,3,6-9,11H2,1H3. The summed E-state index contributed by atoms with van der Waals surface area (Å²) < 4.78 is 2.12. The van der Waals surface area contributed by atoms with Gasteiger partial charge in [-0.2, -0.15) is 0 Å². The van der Waals surface area contributed by atoms with E-state index in [1.807, 2.05) is 0 Å². The Balaban J connectivity index is 1.53. The number of rotatable bonds is 7. The third-order valence-electron chi connectivity index (χ3n) is 3.71. The van der Waals surface area contributed by atoms with E-state index in [0.29, 0.717) is 11.9 Å². The molecule has 2 aromatic rings. The van der Waals surface area contributed by atoms with Gasteiger partial charge in [0.25, 0.3) is 0 Å². The summed E-state index contributed by atoms with van der Waals surface area (Å²) in [6.45, 7) is 2.11. The molecule has 0 bridgehead atoms. The summed E-state index contributed by atoms with van der Waals surface area (Å²) in [5.74, 6) is 1.74. The van der Waals surface area contributed by atoms with E-state index in [4.69, 9.17) is 0 Å². The molecule has 1 fully saturated rings. The largest absolute Gasteiger partial charge is 0.388 e. The first kappa shape index (κ1) is 14.6. The molecule has 0 spiro atoms. The molecule has 5 heteroatoms. The minimum Gasteiger partial charge on any atom is -0.388 e. The van der Waals surface area contributed by atoms with E-state index in [1.54, 1.807) is 11.8 Å². The van der Waals surface area contributed by atoms with Crippen molar-refractivity contribution in [3.63, 3.8) is 0 Å². The maximum Gasteiger partial charge on any atom is 0.191 e. The van der Waals surface area contributed by atoms with Crippen molar-refractivity contribution in [2.24, 2.45) is 0 Å². The van der Waals surface area contributed by atoms with Gasteiger partial charge < -0.3 is 9.67 Å². The van der Waals surface area contributed by atoms with Gasteiger partial charge in [0.1, 0.15) is 6.61 Å². The van der Waals surface area contributed by atoms with Crippen LogP contribution in [0.25, 0.3) is 0 Å². The van der Waals surface area contributed by atoms with Gasteiger partial charge in [0.05, 0.1) is 0 Å². The highest BCUT2D eigenvalue weighted by Gasteiger charge is 2.29. The average molecular weight is 303 g/mol. The molecule has 1 aromatic heterocycles. The predicted octanol–water partition coefficient (Wildman–Crippen LogP) is 3.14. The Morgan fingerprint density at radius 1 is 1.33 bits per heavy atom. The molecule has 1 saturated carbocycles. The Morgan fingerprint density at radius 2 is 2.19 bits per heavy atom. The molecule has 112 valence electrons. The van der Waals surface area contributed by atoms with Gasteiger partial charge >= 0.3 is 0 Å². The molecule has 1 aliphatic carbocycles. The van der Waals surface area contributed by atoms with Gasteiger partial charge in [-0.25, -0.2) is 0 Å². The molecule has 3 rings (SSSR count). The molecule has 0 saturated heterocycles. The average Bonchev–Trinajstić information content (AvgIpc) is 3.24. The normalized spacial score (nSPS) is 14.6. The fourth-order valence-electron chi connectivity index (χ4n) is 2.52. The van der Waals surface area contributed by atoms with Gasteiger partial charge in [-0.1, -0.05) is 41.6 Å². The molecule has 1 aromatic carbocycles. The molecule has 1 N–H and O–H groups in total. The molecule has 0 unspecified atom stereocenters. The van der Waals surface area contributed by atoms with Gasteiger partial charge in [0.15, 0.2) is 11.0 Å². The summed E-state index contributed by atoms with van der Waals surface area (Å²) in [6.07, 6.45) is 4.59. The van der Waals surface area contributed by atoms with Crippen molar-refractivity contribution in [1.29, 1.82) is 0 Å². The lowest BCUT2D eigenvalue weighted by Crippen LogP contribution is -2.03. The summed E-state index contributed by atoms with van der Waals surface area (Å²) in [7, 11) is 0. The highest BCUT2D eigenvalue weighted by atomic mass is 32.2. The Labute approximate surface area is 129 Å². The lowest BCUT2D eigenvalue weighted by Gasteiger charge is -2.07. The van der Waals surface area contributed by atoms with E-state index in [9.17, 15) is 5.11 Å². The minimum absolute atomic E-state index is 0.0205.